The van der Waals surface area contributed by atoms with Crippen LogP contribution in [0.25, 0.3) is 0 Å². The zero-order chi connectivity index (χ0) is 13.0. The molecule has 2 atom stereocenters. The predicted molar refractivity (Wildman–Crippen MR) is 78.9 cm³/mol. The molecular weight excluding hydrogens is 220 g/mol. The molecule has 0 aromatic carbocycles. The Hall–Kier alpha value is -0.0800. The number of fused-ring (bicyclic) bond motifs is 1. The Morgan fingerprint density at radius 2 is 2.00 bits per heavy atom. The van der Waals surface area contributed by atoms with E-state index in [1.165, 1.54) is 64.7 Å². The SMILES string of the molecule is CCC1CN2CCCCC2CN1CCCC(C)C. The fourth-order valence-electron chi connectivity index (χ4n) is 3.68. The quantitative estimate of drug-likeness (QED) is 0.740. The molecule has 2 nitrogen and oxygen atoms in total. The van der Waals surface area contributed by atoms with E-state index < -0.39 is 0 Å². The first-order chi connectivity index (χ1) is 8.70. The van der Waals surface area contributed by atoms with Gasteiger partial charge in [-0.25, -0.2) is 0 Å². The van der Waals surface area contributed by atoms with Crippen LogP contribution < -0.4 is 0 Å². The summed E-state index contributed by atoms with van der Waals surface area (Å²) in [6.45, 7) is 12.4. The van der Waals surface area contributed by atoms with Gasteiger partial charge in [0.1, 0.15) is 0 Å². The minimum Gasteiger partial charge on any atom is -0.298 e. The lowest BCUT2D eigenvalue weighted by molar-refractivity contribution is 0.00658. The third-order valence-corrected chi connectivity index (χ3v) is 4.85. The van der Waals surface area contributed by atoms with Crippen LogP contribution >= 0.6 is 0 Å². The lowest BCUT2D eigenvalue weighted by Gasteiger charge is -2.48. The summed E-state index contributed by atoms with van der Waals surface area (Å²) >= 11 is 0. The molecule has 0 bridgehead atoms. The Bertz CT molecular complexity index is 239. The molecule has 0 spiro atoms. The van der Waals surface area contributed by atoms with E-state index in [4.69, 9.17) is 0 Å². The fourth-order valence-corrected chi connectivity index (χ4v) is 3.68. The number of nitrogens with zero attached hydrogens (tertiary/aromatic N) is 2. The highest BCUT2D eigenvalue weighted by atomic mass is 15.3. The summed E-state index contributed by atoms with van der Waals surface area (Å²) < 4.78 is 0. The maximum absolute atomic E-state index is 2.80. The van der Waals surface area contributed by atoms with Crippen LogP contribution in [-0.2, 0) is 0 Å². The van der Waals surface area contributed by atoms with E-state index in [1.807, 2.05) is 0 Å². The average molecular weight is 252 g/mol. The van der Waals surface area contributed by atoms with Crippen molar-refractivity contribution in [2.24, 2.45) is 5.92 Å². The monoisotopic (exact) mass is 252 g/mol. The van der Waals surface area contributed by atoms with Crippen LogP contribution in [0.1, 0.15) is 59.3 Å². The molecular formula is C16H32N2. The zero-order valence-electron chi connectivity index (χ0n) is 12.7. The van der Waals surface area contributed by atoms with Crippen molar-refractivity contribution >= 4 is 0 Å². The highest BCUT2D eigenvalue weighted by molar-refractivity contribution is 4.90. The molecule has 0 radical (unpaired) electrons. The molecule has 0 aliphatic carbocycles. The molecule has 106 valence electrons. The molecule has 2 fully saturated rings. The van der Waals surface area contributed by atoms with Gasteiger partial charge < -0.3 is 0 Å². The molecule has 0 aromatic rings. The van der Waals surface area contributed by atoms with E-state index in [1.54, 1.807) is 0 Å². The Labute approximate surface area is 114 Å². The summed E-state index contributed by atoms with van der Waals surface area (Å²) in [4.78, 5) is 5.57. The van der Waals surface area contributed by atoms with E-state index in [0.717, 1.165) is 18.0 Å². The van der Waals surface area contributed by atoms with Crippen molar-refractivity contribution in [2.45, 2.75) is 71.4 Å². The third-order valence-electron chi connectivity index (χ3n) is 4.85. The normalized spacial score (nSPS) is 30.7. The van der Waals surface area contributed by atoms with Gasteiger partial charge in [-0.1, -0.05) is 27.2 Å². The van der Waals surface area contributed by atoms with Crippen molar-refractivity contribution in [1.82, 2.24) is 9.80 Å². The lowest BCUT2D eigenvalue weighted by atomic mass is 9.95. The van der Waals surface area contributed by atoms with Crippen LogP contribution in [0, 0.1) is 5.92 Å². The summed E-state index contributed by atoms with van der Waals surface area (Å²) in [5.74, 6) is 0.862. The zero-order valence-corrected chi connectivity index (χ0v) is 12.7. The summed E-state index contributed by atoms with van der Waals surface area (Å²) in [6.07, 6.45) is 8.43. The van der Waals surface area contributed by atoms with Gasteiger partial charge in [0.05, 0.1) is 0 Å². The number of piperazine rings is 1. The molecule has 0 aromatic heterocycles. The van der Waals surface area contributed by atoms with Gasteiger partial charge in [-0.2, -0.15) is 0 Å². The standard InChI is InChI=1S/C16H32N2/c1-4-15-12-18-10-6-5-9-16(18)13-17(15)11-7-8-14(2)3/h14-16H,4-13H2,1-3H3. The van der Waals surface area contributed by atoms with Gasteiger partial charge in [0, 0.05) is 25.2 Å². The average Bonchev–Trinajstić information content (AvgIpc) is 2.37. The van der Waals surface area contributed by atoms with Gasteiger partial charge in [-0.3, -0.25) is 9.80 Å². The van der Waals surface area contributed by atoms with E-state index in [-0.39, 0.29) is 0 Å². The second-order valence-corrected chi connectivity index (χ2v) is 6.74. The Kier molecular flexibility index (Phi) is 5.50. The smallest absolute Gasteiger partial charge is 0.0223 e. The highest BCUT2D eigenvalue weighted by Gasteiger charge is 2.33. The number of hydrogen-bond acceptors (Lipinski definition) is 2. The van der Waals surface area contributed by atoms with Gasteiger partial charge in [0.25, 0.3) is 0 Å². The van der Waals surface area contributed by atoms with Crippen LogP contribution in [-0.4, -0.2) is 48.1 Å². The van der Waals surface area contributed by atoms with Gasteiger partial charge in [-0.05, 0) is 51.1 Å². The minimum atomic E-state index is 0.825. The molecule has 0 amide bonds. The summed E-state index contributed by atoms with van der Waals surface area (Å²) in [6, 6.07) is 1.70. The van der Waals surface area contributed by atoms with Crippen molar-refractivity contribution in [3.8, 4) is 0 Å². The highest BCUT2D eigenvalue weighted by Crippen LogP contribution is 2.25. The first kappa shape index (κ1) is 14.3. The first-order valence-electron chi connectivity index (χ1n) is 8.18. The first-order valence-corrected chi connectivity index (χ1v) is 8.18. The Morgan fingerprint density at radius 1 is 1.17 bits per heavy atom. The van der Waals surface area contributed by atoms with Gasteiger partial charge >= 0.3 is 0 Å². The van der Waals surface area contributed by atoms with Gasteiger partial charge in [0.2, 0.25) is 0 Å². The van der Waals surface area contributed by atoms with Crippen molar-refractivity contribution in [1.29, 1.82) is 0 Å². The topological polar surface area (TPSA) is 6.48 Å². The van der Waals surface area contributed by atoms with Gasteiger partial charge in [0.15, 0.2) is 0 Å². The van der Waals surface area contributed by atoms with Gasteiger partial charge in [-0.15, -0.1) is 0 Å². The predicted octanol–water partition coefficient (Wildman–Crippen LogP) is 3.37. The maximum atomic E-state index is 2.80. The van der Waals surface area contributed by atoms with Crippen molar-refractivity contribution in [3.63, 3.8) is 0 Å². The van der Waals surface area contributed by atoms with E-state index >= 15 is 0 Å². The molecule has 2 aliphatic rings. The molecule has 2 saturated heterocycles. The molecule has 2 unspecified atom stereocenters. The Balaban J connectivity index is 1.83. The molecule has 2 heteroatoms. The minimum absolute atomic E-state index is 0.825. The van der Waals surface area contributed by atoms with Crippen LogP contribution in [0.15, 0.2) is 0 Å². The molecule has 2 heterocycles. The molecule has 2 aliphatic heterocycles. The van der Waals surface area contributed by atoms with Crippen LogP contribution in [0.3, 0.4) is 0 Å². The third kappa shape index (κ3) is 3.71. The molecule has 18 heavy (non-hydrogen) atoms. The summed E-state index contributed by atoms with van der Waals surface area (Å²) in [5.41, 5.74) is 0. The fraction of sp³-hybridized carbons (Fsp3) is 1.00. The lowest BCUT2D eigenvalue weighted by Crippen LogP contribution is -2.59. The van der Waals surface area contributed by atoms with E-state index in [0.29, 0.717) is 0 Å². The second kappa shape index (κ2) is 6.91. The van der Waals surface area contributed by atoms with Crippen molar-refractivity contribution in [3.05, 3.63) is 0 Å². The van der Waals surface area contributed by atoms with Crippen LogP contribution in [0.2, 0.25) is 0 Å². The molecule has 0 N–H and O–H groups in total. The van der Waals surface area contributed by atoms with Crippen molar-refractivity contribution < 1.29 is 0 Å². The molecule has 0 saturated carbocycles. The number of hydrogen-bond donors (Lipinski definition) is 0. The van der Waals surface area contributed by atoms with E-state index in [2.05, 4.69) is 30.6 Å². The number of rotatable bonds is 5. The largest absolute Gasteiger partial charge is 0.298 e. The van der Waals surface area contributed by atoms with E-state index in [9.17, 15) is 0 Å². The van der Waals surface area contributed by atoms with Crippen molar-refractivity contribution in [2.75, 3.05) is 26.2 Å². The van der Waals surface area contributed by atoms with Crippen LogP contribution in [0.5, 0.6) is 0 Å². The summed E-state index contributed by atoms with van der Waals surface area (Å²) in [7, 11) is 0. The van der Waals surface area contributed by atoms with Crippen LogP contribution in [0.4, 0.5) is 0 Å². The maximum Gasteiger partial charge on any atom is 0.0223 e. The molecule has 2 rings (SSSR count). The number of piperidine rings is 1. The second-order valence-electron chi connectivity index (χ2n) is 6.74. The summed E-state index contributed by atoms with van der Waals surface area (Å²) in [5, 5.41) is 0. The Morgan fingerprint density at radius 3 is 2.72 bits per heavy atom.